The number of carboxylic acids is 2. The molecule has 0 aliphatic heterocycles. The predicted molar refractivity (Wildman–Crippen MR) is 210 cm³/mol. The molecule has 0 radical (unpaired) electrons. The minimum absolute atomic E-state index is 0.0485. The highest BCUT2D eigenvalue weighted by atomic mass is 16.7. The largest absolute Gasteiger partial charge is 0.477 e. The minimum Gasteiger partial charge on any atom is -0.477 e. The zero-order chi connectivity index (χ0) is 43.8. The van der Waals surface area contributed by atoms with Gasteiger partial charge in [-0.15, -0.1) is 9.46 Å². The van der Waals surface area contributed by atoms with Crippen LogP contribution in [-0.2, 0) is 27.5 Å². The van der Waals surface area contributed by atoms with Crippen molar-refractivity contribution >= 4 is 35.8 Å². The number of nitrogens with one attached hydrogen (secondary N) is 4. The monoisotopic (exact) mass is 832 g/mol. The Bertz CT molecular complexity index is 2290. The normalized spacial score (nSPS) is 11.4. The zero-order valence-corrected chi connectivity index (χ0v) is 32.8. The SMILES string of the molecule is CC(C)(C)OC(=O)NCCOCCNC(=O)C(CNC(=O)c1ccc(C(=O)O)c(=O)n1OCc1ccccc1)NC(=O)c1ccc(C(=O)O)c(=O)n1OCc1ccccc1. The Morgan fingerprint density at radius 2 is 1.10 bits per heavy atom. The van der Waals surface area contributed by atoms with E-state index in [1.54, 1.807) is 81.4 Å². The number of carbonyl (C=O) groups is 6. The number of ether oxygens (including phenoxy) is 2. The van der Waals surface area contributed by atoms with E-state index in [1.807, 2.05) is 0 Å². The molecule has 0 aliphatic carbocycles. The fourth-order valence-corrected chi connectivity index (χ4v) is 5.12. The van der Waals surface area contributed by atoms with Gasteiger partial charge >= 0.3 is 18.0 Å². The van der Waals surface area contributed by atoms with Gasteiger partial charge in [0, 0.05) is 19.6 Å². The van der Waals surface area contributed by atoms with E-state index in [1.165, 1.54) is 0 Å². The van der Waals surface area contributed by atoms with E-state index in [2.05, 4.69) is 21.3 Å². The molecule has 60 heavy (non-hydrogen) atoms. The molecule has 1 atom stereocenters. The van der Waals surface area contributed by atoms with Crippen molar-refractivity contribution in [3.63, 3.8) is 0 Å². The van der Waals surface area contributed by atoms with E-state index in [4.69, 9.17) is 19.1 Å². The van der Waals surface area contributed by atoms with E-state index in [9.17, 15) is 48.6 Å². The van der Waals surface area contributed by atoms with Crippen molar-refractivity contribution < 1.29 is 58.1 Å². The molecule has 0 spiro atoms. The number of carbonyl (C=O) groups excluding carboxylic acids is 4. The van der Waals surface area contributed by atoms with Crippen LogP contribution in [-0.4, -0.2) is 99.9 Å². The van der Waals surface area contributed by atoms with Crippen LogP contribution in [0.15, 0.2) is 94.5 Å². The van der Waals surface area contributed by atoms with E-state index < -0.39 is 87.6 Å². The Labute approximate surface area is 341 Å². The second-order valence-electron chi connectivity index (χ2n) is 13.7. The molecular formula is C40H44N6O14. The quantitative estimate of drug-likeness (QED) is 0.0675. The van der Waals surface area contributed by atoms with Crippen LogP contribution < -0.4 is 42.1 Å². The molecule has 4 aromatic rings. The van der Waals surface area contributed by atoms with E-state index in [-0.39, 0.29) is 39.5 Å². The van der Waals surface area contributed by atoms with Gasteiger partial charge in [-0.1, -0.05) is 60.7 Å². The number of amides is 4. The number of hydrogen-bond donors (Lipinski definition) is 6. The maximum Gasteiger partial charge on any atom is 0.407 e. The average molecular weight is 833 g/mol. The van der Waals surface area contributed by atoms with Gasteiger partial charge in [-0.05, 0) is 56.2 Å². The Balaban J connectivity index is 1.54. The summed E-state index contributed by atoms with van der Waals surface area (Å²) in [4.78, 5) is 114. The summed E-state index contributed by atoms with van der Waals surface area (Å²) in [5.74, 6) is -6.13. The van der Waals surface area contributed by atoms with Crippen LogP contribution in [0.1, 0.15) is 73.6 Å². The molecule has 318 valence electrons. The summed E-state index contributed by atoms with van der Waals surface area (Å²) in [5.41, 5.74) is -4.24. The van der Waals surface area contributed by atoms with Gasteiger partial charge in [-0.25, -0.2) is 14.4 Å². The highest BCUT2D eigenvalue weighted by molar-refractivity contribution is 5.98. The summed E-state index contributed by atoms with van der Waals surface area (Å²) in [5, 5.41) is 29.0. The first-order valence-corrected chi connectivity index (χ1v) is 18.3. The second kappa shape index (κ2) is 21.3. The van der Waals surface area contributed by atoms with Crippen LogP contribution in [0.4, 0.5) is 4.79 Å². The highest BCUT2D eigenvalue weighted by Gasteiger charge is 2.27. The summed E-state index contributed by atoms with van der Waals surface area (Å²) in [6.45, 7) is 3.95. The second-order valence-corrected chi connectivity index (χ2v) is 13.7. The first-order chi connectivity index (χ1) is 28.6. The first-order valence-electron chi connectivity index (χ1n) is 18.3. The number of carboxylic acid groups (broad SMARTS) is 2. The fourth-order valence-electron chi connectivity index (χ4n) is 5.12. The number of hydrogen-bond acceptors (Lipinski definition) is 12. The smallest absolute Gasteiger partial charge is 0.407 e. The van der Waals surface area contributed by atoms with Gasteiger partial charge in [-0.2, -0.15) is 0 Å². The number of rotatable bonds is 20. The van der Waals surface area contributed by atoms with Crippen LogP contribution in [0.5, 0.6) is 0 Å². The number of aromatic nitrogens is 2. The Hall–Kier alpha value is -7.48. The zero-order valence-electron chi connectivity index (χ0n) is 32.8. The topological polar surface area (TPSA) is 272 Å². The van der Waals surface area contributed by atoms with Crippen molar-refractivity contribution in [3.05, 3.63) is 139 Å². The Morgan fingerprint density at radius 1 is 0.633 bits per heavy atom. The summed E-state index contributed by atoms with van der Waals surface area (Å²) in [6.07, 6.45) is -0.647. The summed E-state index contributed by atoms with van der Waals surface area (Å²) < 4.78 is 11.6. The predicted octanol–water partition coefficient (Wildman–Crippen LogP) is 0.850. The van der Waals surface area contributed by atoms with E-state index in [0.717, 1.165) is 24.3 Å². The fraction of sp³-hybridized carbons (Fsp3) is 0.300. The number of aromatic carboxylic acids is 2. The van der Waals surface area contributed by atoms with Gasteiger partial charge in [0.15, 0.2) is 0 Å². The van der Waals surface area contributed by atoms with E-state index in [0.29, 0.717) is 20.6 Å². The molecule has 6 N–H and O–H groups in total. The first kappa shape index (κ1) is 45.2. The van der Waals surface area contributed by atoms with Crippen LogP contribution in [0.2, 0.25) is 0 Å². The lowest BCUT2D eigenvalue weighted by Gasteiger charge is -2.21. The molecule has 20 heteroatoms. The molecule has 0 saturated heterocycles. The molecule has 4 rings (SSSR count). The number of nitrogens with zero attached hydrogens (tertiary/aromatic N) is 2. The molecule has 1 unspecified atom stereocenters. The Morgan fingerprint density at radius 3 is 1.57 bits per heavy atom. The summed E-state index contributed by atoms with van der Waals surface area (Å²) >= 11 is 0. The lowest BCUT2D eigenvalue weighted by molar-refractivity contribution is -0.123. The summed E-state index contributed by atoms with van der Waals surface area (Å²) in [7, 11) is 0. The standard InChI is InChI=1S/C40H44N6O14/c1-40(2,3)60-39(56)42-19-21-57-20-18-41-32(47)29(44-34(49)31-17-15-28(38(54)55)36(51)46(31)59-24-26-12-8-5-9-13-26)22-43-33(48)30-16-14-27(37(52)53)35(50)45(30)58-23-25-10-6-4-7-11-25/h4-17,29H,18-24H2,1-3H3,(H,41,47)(H,42,56)(H,43,48)(H,44,49)(H,52,53)(H,54,55). The molecule has 0 bridgehead atoms. The lowest BCUT2D eigenvalue weighted by Crippen LogP contribution is -2.54. The van der Waals surface area contributed by atoms with Gasteiger partial charge in [-0.3, -0.25) is 24.0 Å². The molecule has 2 aromatic heterocycles. The highest BCUT2D eigenvalue weighted by Crippen LogP contribution is 2.08. The molecule has 0 fully saturated rings. The third-order valence-corrected chi connectivity index (χ3v) is 7.96. The van der Waals surface area contributed by atoms with Crippen molar-refractivity contribution in [2.24, 2.45) is 0 Å². The van der Waals surface area contributed by atoms with Crippen LogP contribution in [0, 0.1) is 0 Å². The number of benzene rings is 2. The number of alkyl carbamates (subject to hydrolysis) is 1. The molecule has 2 heterocycles. The molecular weight excluding hydrogens is 788 g/mol. The van der Waals surface area contributed by atoms with Crippen molar-refractivity contribution in [2.45, 2.75) is 45.6 Å². The molecule has 4 amide bonds. The van der Waals surface area contributed by atoms with Gasteiger partial charge in [0.1, 0.15) is 47.4 Å². The molecule has 20 nitrogen and oxygen atoms in total. The van der Waals surface area contributed by atoms with Crippen LogP contribution in [0.3, 0.4) is 0 Å². The van der Waals surface area contributed by atoms with Crippen molar-refractivity contribution in [1.29, 1.82) is 0 Å². The van der Waals surface area contributed by atoms with Crippen molar-refractivity contribution in [1.82, 2.24) is 30.7 Å². The Kier molecular flexibility index (Phi) is 16.1. The van der Waals surface area contributed by atoms with Crippen LogP contribution >= 0.6 is 0 Å². The van der Waals surface area contributed by atoms with Crippen LogP contribution in [0.25, 0.3) is 0 Å². The van der Waals surface area contributed by atoms with Gasteiger partial charge in [0.25, 0.3) is 22.9 Å². The maximum absolute atomic E-state index is 13.8. The van der Waals surface area contributed by atoms with Crippen molar-refractivity contribution in [2.75, 3.05) is 32.8 Å². The molecule has 2 aromatic carbocycles. The molecule has 0 aliphatic rings. The van der Waals surface area contributed by atoms with Crippen molar-refractivity contribution in [3.8, 4) is 0 Å². The average Bonchev–Trinajstić information content (AvgIpc) is 3.20. The summed E-state index contributed by atoms with van der Waals surface area (Å²) in [6, 6.07) is 19.2. The number of pyridine rings is 2. The third kappa shape index (κ3) is 13.3. The maximum atomic E-state index is 13.8. The third-order valence-electron chi connectivity index (χ3n) is 7.96. The van der Waals surface area contributed by atoms with Gasteiger partial charge < -0.3 is 50.6 Å². The molecule has 0 saturated carbocycles. The minimum atomic E-state index is -1.60. The lowest BCUT2D eigenvalue weighted by atomic mass is 10.2. The van der Waals surface area contributed by atoms with E-state index >= 15 is 0 Å². The van der Waals surface area contributed by atoms with Gasteiger partial charge in [0.2, 0.25) is 5.91 Å². The van der Waals surface area contributed by atoms with Gasteiger partial charge in [0.05, 0.1) is 13.2 Å².